The maximum atomic E-state index is 8.87. The molecular weight excluding hydrogens is 168 g/mol. The van der Waals surface area contributed by atoms with E-state index >= 15 is 0 Å². The number of nitrogens with zero attached hydrogens (tertiary/aromatic N) is 3. The van der Waals surface area contributed by atoms with Crippen LogP contribution in [0.3, 0.4) is 0 Å². The Kier molecular flexibility index (Phi) is 1.95. The minimum atomic E-state index is -0.0945. The maximum Gasteiger partial charge on any atom is 0.221 e. The van der Waals surface area contributed by atoms with Gasteiger partial charge in [-0.1, -0.05) is 0 Å². The smallest absolute Gasteiger partial charge is 0.221 e. The molecule has 0 fully saturated rings. The molecule has 1 aliphatic heterocycles. The molecular formula is C8H14N4O. The van der Waals surface area contributed by atoms with Crippen molar-refractivity contribution in [3.63, 3.8) is 0 Å². The van der Waals surface area contributed by atoms with E-state index < -0.39 is 0 Å². The summed E-state index contributed by atoms with van der Waals surface area (Å²) in [5.41, 5.74) is 0. The van der Waals surface area contributed by atoms with Crippen molar-refractivity contribution in [1.82, 2.24) is 14.8 Å². The van der Waals surface area contributed by atoms with E-state index in [1.807, 2.05) is 4.68 Å². The normalized spacial score (nSPS) is 26.7. The number of hydrogen-bond donors (Lipinski definition) is 2. The third-order valence-electron chi connectivity index (χ3n) is 2.30. The van der Waals surface area contributed by atoms with Crippen LogP contribution in [-0.2, 0) is 6.61 Å². The SMILES string of the molecule is CC1CC(C)n2nc(CO)nc2N1. The van der Waals surface area contributed by atoms with Gasteiger partial charge in [-0.3, -0.25) is 0 Å². The predicted octanol–water partition coefficient (Wildman–Crippen LogP) is 0.535. The lowest BCUT2D eigenvalue weighted by molar-refractivity contribution is 0.269. The van der Waals surface area contributed by atoms with Crippen molar-refractivity contribution in [2.45, 2.75) is 39.0 Å². The van der Waals surface area contributed by atoms with Crippen LogP contribution in [0.4, 0.5) is 5.95 Å². The second-order valence-corrected chi connectivity index (χ2v) is 3.58. The predicted molar refractivity (Wildman–Crippen MR) is 48.4 cm³/mol. The lowest BCUT2D eigenvalue weighted by Gasteiger charge is -2.26. The molecule has 2 heterocycles. The zero-order valence-electron chi connectivity index (χ0n) is 7.86. The Balaban J connectivity index is 2.35. The first-order valence-electron chi connectivity index (χ1n) is 4.53. The lowest BCUT2D eigenvalue weighted by Crippen LogP contribution is -2.29. The molecule has 2 N–H and O–H groups in total. The van der Waals surface area contributed by atoms with E-state index in [2.05, 4.69) is 29.2 Å². The highest BCUT2D eigenvalue weighted by atomic mass is 16.3. The van der Waals surface area contributed by atoms with Crippen molar-refractivity contribution in [3.8, 4) is 0 Å². The molecule has 1 aliphatic rings. The Bertz CT molecular complexity index is 309. The summed E-state index contributed by atoms with van der Waals surface area (Å²) in [5.74, 6) is 1.26. The van der Waals surface area contributed by atoms with E-state index in [9.17, 15) is 0 Å². The van der Waals surface area contributed by atoms with Crippen LogP contribution < -0.4 is 5.32 Å². The molecule has 0 aliphatic carbocycles. The van der Waals surface area contributed by atoms with Crippen LogP contribution in [-0.4, -0.2) is 25.9 Å². The molecule has 5 nitrogen and oxygen atoms in total. The zero-order chi connectivity index (χ0) is 9.42. The van der Waals surface area contributed by atoms with E-state index in [-0.39, 0.29) is 6.61 Å². The van der Waals surface area contributed by atoms with E-state index in [1.54, 1.807) is 0 Å². The molecule has 2 unspecified atom stereocenters. The van der Waals surface area contributed by atoms with Gasteiger partial charge in [-0.2, -0.15) is 10.1 Å². The molecule has 1 aromatic heterocycles. The summed E-state index contributed by atoms with van der Waals surface area (Å²) in [6.07, 6.45) is 1.04. The monoisotopic (exact) mass is 182 g/mol. The summed E-state index contributed by atoms with van der Waals surface area (Å²) in [6.45, 7) is 4.13. The molecule has 13 heavy (non-hydrogen) atoms. The van der Waals surface area contributed by atoms with Crippen LogP contribution in [0.25, 0.3) is 0 Å². The van der Waals surface area contributed by atoms with E-state index in [4.69, 9.17) is 5.11 Å². The van der Waals surface area contributed by atoms with Gasteiger partial charge in [0, 0.05) is 6.04 Å². The number of aromatic nitrogens is 3. The third-order valence-corrected chi connectivity index (χ3v) is 2.30. The first kappa shape index (κ1) is 8.50. The van der Waals surface area contributed by atoms with Gasteiger partial charge in [-0.05, 0) is 20.3 Å². The summed E-state index contributed by atoms with van der Waals surface area (Å²) >= 11 is 0. The van der Waals surface area contributed by atoms with Crippen LogP contribution in [0.1, 0.15) is 32.1 Å². The maximum absolute atomic E-state index is 8.87. The van der Waals surface area contributed by atoms with E-state index in [0.717, 1.165) is 12.4 Å². The standard InChI is InChI=1S/C8H14N4O/c1-5-3-6(2)12-8(9-5)10-7(4-13)11-12/h5-6,13H,3-4H2,1-2H3,(H,9,10,11). The molecule has 2 rings (SSSR count). The second-order valence-electron chi connectivity index (χ2n) is 3.58. The van der Waals surface area contributed by atoms with Gasteiger partial charge in [0.25, 0.3) is 0 Å². The number of nitrogens with one attached hydrogen (secondary N) is 1. The molecule has 1 aromatic rings. The van der Waals surface area contributed by atoms with Crippen molar-refractivity contribution >= 4 is 5.95 Å². The summed E-state index contributed by atoms with van der Waals surface area (Å²) in [5, 5.41) is 16.3. The van der Waals surface area contributed by atoms with Gasteiger partial charge in [-0.15, -0.1) is 0 Å². The Labute approximate surface area is 76.8 Å². The fraction of sp³-hybridized carbons (Fsp3) is 0.750. The highest BCUT2D eigenvalue weighted by molar-refractivity contribution is 5.29. The van der Waals surface area contributed by atoms with Crippen molar-refractivity contribution in [2.75, 3.05) is 5.32 Å². The highest BCUT2D eigenvalue weighted by Crippen LogP contribution is 2.24. The Hall–Kier alpha value is -1.10. The van der Waals surface area contributed by atoms with Gasteiger partial charge >= 0.3 is 0 Å². The number of aliphatic hydroxyl groups is 1. The molecule has 2 atom stereocenters. The second kappa shape index (κ2) is 2.99. The Morgan fingerprint density at radius 3 is 3.08 bits per heavy atom. The van der Waals surface area contributed by atoms with Gasteiger partial charge in [0.1, 0.15) is 6.61 Å². The fourth-order valence-corrected chi connectivity index (χ4v) is 1.73. The summed E-state index contributed by atoms with van der Waals surface area (Å²) in [6, 6.07) is 0.789. The molecule has 5 heteroatoms. The lowest BCUT2D eigenvalue weighted by atomic mass is 10.1. The average Bonchev–Trinajstić information content (AvgIpc) is 2.47. The van der Waals surface area contributed by atoms with Crippen LogP contribution >= 0.6 is 0 Å². The number of hydrogen-bond acceptors (Lipinski definition) is 4. The molecule has 0 saturated heterocycles. The van der Waals surface area contributed by atoms with Gasteiger partial charge in [-0.25, -0.2) is 4.68 Å². The minimum Gasteiger partial charge on any atom is -0.388 e. The summed E-state index contributed by atoms with van der Waals surface area (Å²) in [4.78, 5) is 4.16. The molecule has 0 amide bonds. The van der Waals surface area contributed by atoms with Crippen molar-refractivity contribution in [1.29, 1.82) is 0 Å². The number of rotatable bonds is 1. The molecule has 0 bridgehead atoms. The zero-order valence-corrected chi connectivity index (χ0v) is 7.86. The Morgan fingerprint density at radius 1 is 1.62 bits per heavy atom. The average molecular weight is 182 g/mol. The topological polar surface area (TPSA) is 63.0 Å². The van der Waals surface area contributed by atoms with Gasteiger partial charge in [0.2, 0.25) is 5.95 Å². The minimum absolute atomic E-state index is 0.0945. The largest absolute Gasteiger partial charge is 0.388 e. The molecule has 0 saturated carbocycles. The van der Waals surface area contributed by atoms with E-state index in [0.29, 0.717) is 17.9 Å². The third kappa shape index (κ3) is 1.39. The summed E-state index contributed by atoms with van der Waals surface area (Å²) < 4.78 is 1.84. The number of anilines is 1. The molecule has 72 valence electrons. The van der Waals surface area contributed by atoms with Gasteiger partial charge < -0.3 is 10.4 Å². The summed E-state index contributed by atoms with van der Waals surface area (Å²) in [7, 11) is 0. The molecule has 0 aromatic carbocycles. The van der Waals surface area contributed by atoms with Crippen molar-refractivity contribution in [2.24, 2.45) is 0 Å². The Morgan fingerprint density at radius 2 is 2.38 bits per heavy atom. The fourth-order valence-electron chi connectivity index (χ4n) is 1.73. The van der Waals surface area contributed by atoms with Crippen LogP contribution in [0, 0.1) is 0 Å². The highest BCUT2D eigenvalue weighted by Gasteiger charge is 2.23. The van der Waals surface area contributed by atoms with Gasteiger partial charge in [0.05, 0.1) is 6.04 Å². The first-order valence-corrected chi connectivity index (χ1v) is 4.53. The van der Waals surface area contributed by atoms with Crippen LogP contribution in [0.2, 0.25) is 0 Å². The molecule has 0 spiro atoms. The van der Waals surface area contributed by atoms with E-state index in [1.165, 1.54) is 0 Å². The number of fused-ring (bicyclic) bond motifs is 1. The first-order chi connectivity index (χ1) is 6.20. The van der Waals surface area contributed by atoms with Crippen molar-refractivity contribution < 1.29 is 5.11 Å². The van der Waals surface area contributed by atoms with Crippen LogP contribution in [0.15, 0.2) is 0 Å². The van der Waals surface area contributed by atoms with Crippen molar-refractivity contribution in [3.05, 3.63) is 5.82 Å². The van der Waals surface area contributed by atoms with Gasteiger partial charge in [0.15, 0.2) is 5.82 Å². The van der Waals surface area contributed by atoms with Crippen LogP contribution in [0.5, 0.6) is 0 Å². The number of aliphatic hydroxyl groups excluding tert-OH is 1. The molecule has 0 radical (unpaired) electrons. The quantitative estimate of drug-likeness (QED) is 0.665.